The minimum Gasteiger partial charge on any atom is -0.351 e. The van der Waals surface area contributed by atoms with E-state index in [9.17, 15) is 23.6 Å². The number of unbranched alkanes of at least 4 members (excludes halogenated alkanes) is 1. The zero-order valence-corrected chi connectivity index (χ0v) is 18.6. The van der Waals surface area contributed by atoms with Gasteiger partial charge in [0.05, 0.1) is 10.2 Å². The smallest absolute Gasteiger partial charge is 0.273 e. The van der Waals surface area contributed by atoms with E-state index in [2.05, 4.69) is 5.32 Å². The second-order valence-electron chi connectivity index (χ2n) is 6.80. The summed E-state index contributed by atoms with van der Waals surface area (Å²) in [4.78, 5) is 25.8. The first-order chi connectivity index (χ1) is 15.3. The lowest BCUT2D eigenvalue weighted by atomic mass is 10.2. The number of benzene rings is 2. The molecule has 32 heavy (non-hydrogen) atoms. The van der Waals surface area contributed by atoms with Gasteiger partial charge in [0.25, 0.3) is 11.5 Å². The van der Waals surface area contributed by atoms with Gasteiger partial charge in [0.15, 0.2) is 5.57 Å². The summed E-state index contributed by atoms with van der Waals surface area (Å²) >= 11 is 6.77. The summed E-state index contributed by atoms with van der Waals surface area (Å²) in [5.74, 6) is -2.48. The average Bonchev–Trinajstić information content (AvgIpc) is 3.06. The summed E-state index contributed by atoms with van der Waals surface area (Å²) in [6.45, 7) is 2.30. The molecule has 164 valence electrons. The molecular weight excluding hydrogens is 456 g/mol. The molecule has 1 aromatic heterocycles. The van der Waals surface area contributed by atoms with Crippen LogP contribution in [0.15, 0.2) is 47.3 Å². The van der Waals surface area contributed by atoms with Crippen LogP contribution in [0, 0.1) is 23.0 Å². The third kappa shape index (κ3) is 5.13. The number of carbonyl (C=O) groups is 1. The molecule has 0 aliphatic rings. The van der Waals surface area contributed by atoms with Gasteiger partial charge in [0, 0.05) is 17.6 Å². The predicted molar refractivity (Wildman–Crippen MR) is 121 cm³/mol. The van der Waals surface area contributed by atoms with Crippen LogP contribution in [-0.4, -0.2) is 17.0 Å². The van der Waals surface area contributed by atoms with Crippen LogP contribution in [0.2, 0.25) is 5.02 Å². The van der Waals surface area contributed by atoms with Crippen LogP contribution < -0.4 is 20.1 Å². The molecule has 0 saturated heterocycles. The molecule has 0 atom stereocenters. The number of nitrogens with one attached hydrogen (secondary N) is 1. The summed E-state index contributed by atoms with van der Waals surface area (Å²) in [6, 6.07) is 11.2. The minimum atomic E-state index is -0.993. The van der Waals surface area contributed by atoms with Gasteiger partial charge in [-0.2, -0.15) is 5.26 Å². The van der Waals surface area contributed by atoms with Crippen molar-refractivity contribution in [2.75, 3.05) is 6.54 Å². The molecule has 1 amide bonds. The molecule has 0 bridgehead atoms. The van der Waals surface area contributed by atoms with Gasteiger partial charge in [-0.3, -0.25) is 14.2 Å². The molecule has 0 radical (unpaired) electrons. The number of amides is 1. The Kier molecular flexibility index (Phi) is 7.57. The molecular formula is C23H18ClF2N3O2S. The van der Waals surface area contributed by atoms with E-state index in [1.165, 1.54) is 0 Å². The van der Waals surface area contributed by atoms with Crippen LogP contribution >= 0.6 is 22.9 Å². The largest absolute Gasteiger partial charge is 0.351 e. The van der Waals surface area contributed by atoms with Crippen molar-refractivity contribution < 1.29 is 13.6 Å². The first-order valence-corrected chi connectivity index (χ1v) is 10.9. The summed E-state index contributed by atoms with van der Waals surface area (Å²) in [5, 5.41) is 12.8. The molecule has 1 heterocycles. The maximum atomic E-state index is 14.6. The Morgan fingerprint density at radius 2 is 1.97 bits per heavy atom. The van der Waals surface area contributed by atoms with Crippen LogP contribution in [0.3, 0.4) is 0 Å². The van der Waals surface area contributed by atoms with Crippen molar-refractivity contribution in [3.05, 3.63) is 84.2 Å². The summed E-state index contributed by atoms with van der Waals surface area (Å²) in [6.07, 6.45) is 3.10. The van der Waals surface area contributed by atoms with Crippen LogP contribution in [0.5, 0.6) is 0 Å². The molecule has 1 N–H and O–H groups in total. The van der Waals surface area contributed by atoms with Gasteiger partial charge in [-0.05, 0) is 42.3 Å². The number of halogens is 3. The number of aromatic nitrogens is 1. The van der Waals surface area contributed by atoms with Gasteiger partial charge in [-0.25, -0.2) is 8.78 Å². The molecule has 9 heteroatoms. The van der Waals surface area contributed by atoms with Crippen LogP contribution in [0.4, 0.5) is 8.78 Å². The summed E-state index contributed by atoms with van der Waals surface area (Å²) in [7, 11) is 0. The molecule has 5 nitrogen and oxygen atoms in total. The fourth-order valence-corrected chi connectivity index (χ4v) is 4.13. The average molecular weight is 474 g/mol. The Morgan fingerprint density at radius 3 is 2.59 bits per heavy atom. The molecule has 0 unspecified atom stereocenters. The molecule has 0 fully saturated rings. The number of hydrogen-bond acceptors (Lipinski definition) is 4. The van der Waals surface area contributed by atoms with E-state index in [0.717, 1.165) is 34.5 Å². The lowest BCUT2D eigenvalue weighted by Crippen LogP contribution is -2.34. The zero-order chi connectivity index (χ0) is 23.3. The standard InChI is InChI=1S/C23H18ClF2N3O2S/c1-2-3-10-28-21(30)17(13-27)23-29(19-9-8-16(25)12-18(19)26)22(31)20(32-23)11-14-4-6-15(24)7-5-14/h4-9,11-12H,2-3,10H2,1H3,(H,28,30)/b20-11-,23-17-. The first-order valence-electron chi connectivity index (χ1n) is 9.73. The third-order valence-electron chi connectivity index (χ3n) is 4.51. The number of rotatable bonds is 6. The van der Waals surface area contributed by atoms with Crippen molar-refractivity contribution in [3.8, 4) is 11.8 Å². The van der Waals surface area contributed by atoms with E-state index < -0.39 is 23.1 Å². The highest BCUT2D eigenvalue weighted by Gasteiger charge is 2.18. The third-order valence-corrected chi connectivity index (χ3v) is 5.86. The maximum Gasteiger partial charge on any atom is 0.273 e. The summed E-state index contributed by atoms with van der Waals surface area (Å²) in [5.41, 5.74) is -0.577. The maximum absolute atomic E-state index is 14.6. The first kappa shape index (κ1) is 23.4. The number of thiazole rings is 1. The predicted octanol–water partition coefficient (Wildman–Crippen LogP) is 3.25. The van der Waals surface area contributed by atoms with E-state index in [0.29, 0.717) is 29.6 Å². The fourth-order valence-electron chi connectivity index (χ4n) is 2.90. The number of nitrogens with zero attached hydrogens (tertiary/aromatic N) is 2. The zero-order valence-electron chi connectivity index (χ0n) is 17.0. The van der Waals surface area contributed by atoms with Gasteiger partial charge in [-0.1, -0.05) is 37.1 Å². The topological polar surface area (TPSA) is 74.9 Å². The molecule has 3 rings (SSSR count). The normalized spacial score (nSPS) is 12.4. The van der Waals surface area contributed by atoms with Crippen LogP contribution in [-0.2, 0) is 4.79 Å². The van der Waals surface area contributed by atoms with E-state index in [-0.39, 0.29) is 20.5 Å². The molecule has 0 spiro atoms. The lowest BCUT2D eigenvalue weighted by molar-refractivity contribution is -0.115. The van der Waals surface area contributed by atoms with E-state index in [1.807, 2.05) is 13.0 Å². The number of hydrogen-bond donors (Lipinski definition) is 1. The Labute approximate surface area is 191 Å². The van der Waals surface area contributed by atoms with Gasteiger partial charge in [-0.15, -0.1) is 11.3 Å². The molecule has 2 aromatic carbocycles. The van der Waals surface area contributed by atoms with Gasteiger partial charge in [0.1, 0.15) is 22.4 Å². The summed E-state index contributed by atoms with van der Waals surface area (Å²) < 4.78 is 29.1. The van der Waals surface area contributed by atoms with Gasteiger partial charge in [0.2, 0.25) is 0 Å². The van der Waals surface area contributed by atoms with Crippen LogP contribution in [0.1, 0.15) is 25.3 Å². The molecule has 0 aliphatic carbocycles. The van der Waals surface area contributed by atoms with Gasteiger partial charge < -0.3 is 5.32 Å². The Hall–Kier alpha value is -3.28. The van der Waals surface area contributed by atoms with Crippen molar-refractivity contribution >= 4 is 40.5 Å². The molecule has 0 aliphatic heterocycles. The van der Waals surface area contributed by atoms with E-state index in [1.54, 1.807) is 30.3 Å². The Morgan fingerprint density at radius 1 is 1.25 bits per heavy atom. The van der Waals surface area contributed by atoms with Crippen LogP contribution in [0.25, 0.3) is 17.3 Å². The van der Waals surface area contributed by atoms with Crippen molar-refractivity contribution in [1.29, 1.82) is 5.26 Å². The van der Waals surface area contributed by atoms with Crippen molar-refractivity contribution in [2.45, 2.75) is 19.8 Å². The van der Waals surface area contributed by atoms with Crippen molar-refractivity contribution in [1.82, 2.24) is 9.88 Å². The Balaban J connectivity index is 2.32. The molecule has 3 aromatic rings. The SMILES string of the molecule is CCCCNC(=O)/C(C#N)=c1\s/c(=C\c2ccc(Cl)cc2)c(=O)n1-c1ccc(F)cc1F. The minimum absolute atomic E-state index is 0.0442. The second-order valence-corrected chi connectivity index (χ2v) is 8.27. The van der Waals surface area contributed by atoms with Crippen molar-refractivity contribution in [3.63, 3.8) is 0 Å². The van der Waals surface area contributed by atoms with E-state index >= 15 is 0 Å². The van der Waals surface area contributed by atoms with Gasteiger partial charge >= 0.3 is 0 Å². The highest BCUT2D eigenvalue weighted by atomic mass is 35.5. The quantitative estimate of drug-likeness (QED) is 0.558. The number of nitriles is 1. The monoisotopic (exact) mass is 473 g/mol. The highest BCUT2D eigenvalue weighted by Crippen LogP contribution is 2.13. The lowest BCUT2D eigenvalue weighted by Gasteiger charge is -2.06. The number of carbonyl (C=O) groups excluding carboxylic acids is 1. The fraction of sp³-hybridized carbons (Fsp3) is 0.174. The highest BCUT2D eigenvalue weighted by molar-refractivity contribution is 7.07. The Bertz CT molecular complexity index is 1370. The second kappa shape index (κ2) is 10.4. The van der Waals surface area contributed by atoms with E-state index in [4.69, 9.17) is 11.6 Å². The van der Waals surface area contributed by atoms with Crippen molar-refractivity contribution in [2.24, 2.45) is 0 Å². The molecule has 0 saturated carbocycles.